The van der Waals surface area contributed by atoms with E-state index >= 15 is 0 Å². The fourth-order valence-corrected chi connectivity index (χ4v) is 4.75. The Morgan fingerprint density at radius 1 is 0.962 bits per heavy atom. The SMILES string of the molecule is O=C(c1ccc2ccccc2c1)N1CCS[C@@H]1c1ccc2c(c1)OCO2. The average molecular weight is 363 g/mol. The van der Waals surface area contributed by atoms with Crippen molar-refractivity contribution < 1.29 is 14.3 Å². The number of carbonyl (C=O) groups excluding carboxylic acids is 1. The van der Waals surface area contributed by atoms with Crippen LogP contribution in [-0.2, 0) is 0 Å². The van der Waals surface area contributed by atoms with E-state index < -0.39 is 0 Å². The second-order valence-electron chi connectivity index (χ2n) is 6.40. The molecule has 0 N–H and O–H groups in total. The highest BCUT2D eigenvalue weighted by Gasteiger charge is 2.32. The lowest BCUT2D eigenvalue weighted by Crippen LogP contribution is -2.30. The number of hydrogen-bond acceptors (Lipinski definition) is 4. The number of carbonyl (C=O) groups is 1. The number of hydrogen-bond donors (Lipinski definition) is 0. The van der Waals surface area contributed by atoms with Crippen LogP contribution in [0.15, 0.2) is 60.7 Å². The second kappa shape index (κ2) is 6.25. The number of ether oxygens (including phenoxy) is 2. The van der Waals surface area contributed by atoms with Gasteiger partial charge >= 0.3 is 0 Å². The van der Waals surface area contributed by atoms with Gasteiger partial charge in [-0.15, -0.1) is 11.8 Å². The molecule has 3 aromatic carbocycles. The summed E-state index contributed by atoms with van der Waals surface area (Å²) in [4.78, 5) is 15.1. The van der Waals surface area contributed by atoms with Crippen molar-refractivity contribution in [3.8, 4) is 11.5 Å². The maximum atomic E-state index is 13.2. The zero-order valence-electron chi connectivity index (χ0n) is 14.1. The van der Waals surface area contributed by atoms with Crippen LogP contribution in [0.3, 0.4) is 0 Å². The molecule has 0 bridgehead atoms. The molecule has 0 unspecified atom stereocenters. The summed E-state index contributed by atoms with van der Waals surface area (Å²) >= 11 is 1.78. The van der Waals surface area contributed by atoms with Crippen molar-refractivity contribution in [1.82, 2.24) is 4.90 Å². The Labute approximate surface area is 155 Å². The number of benzene rings is 3. The lowest BCUT2D eigenvalue weighted by atomic mass is 10.1. The van der Waals surface area contributed by atoms with Crippen LogP contribution in [-0.4, -0.2) is 29.9 Å². The van der Waals surface area contributed by atoms with E-state index in [2.05, 4.69) is 6.07 Å². The van der Waals surface area contributed by atoms with Crippen molar-refractivity contribution in [3.05, 3.63) is 71.8 Å². The van der Waals surface area contributed by atoms with Crippen LogP contribution in [0.4, 0.5) is 0 Å². The van der Waals surface area contributed by atoms with E-state index in [1.807, 2.05) is 59.5 Å². The summed E-state index contributed by atoms with van der Waals surface area (Å²) in [6.45, 7) is 1.01. The predicted molar refractivity (Wildman–Crippen MR) is 103 cm³/mol. The second-order valence-corrected chi connectivity index (χ2v) is 7.58. The predicted octanol–water partition coefficient (Wildman–Crippen LogP) is 4.46. The van der Waals surface area contributed by atoms with Gasteiger partial charge in [0.25, 0.3) is 5.91 Å². The first-order valence-corrected chi connectivity index (χ1v) is 9.65. The molecule has 26 heavy (non-hydrogen) atoms. The monoisotopic (exact) mass is 363 g/mol. The average Bonchev–Trinajstić information content (AvgIpc) is 3.35. The van der Waals surface area contributed by atoms with Crippen LogP contribution in [0.1, 0.15) is 21.3 Å². The third-order valence-electron chi connectivity index (χ3n) is 4.83. The summed E-state index contributed by atoms with van der Waals surface area (Å²) in [5, 5.41) is 2.24. The zero-order valence-corrected chi connectivity index (χ0v) is 14.9. The molecule has 5 heteroatoms. The third kappa shape index (κ3) is 2.59. The maximum Gasteiger partial charge on any atom is 0.255 e. The van der Waals surface area contributed by atoms with E-state index in [0.29, 0.717) is 0 Å². The number of amides is 1. The molecule has 3 aromatic rings. The minimum atomic E-state index is 0.00321. The molecule has 0 aromatic heterocycles. The molecule has 1 saturated heterocycles. The molecule has 0 saturated carbocycles. The van der Waals surface area contributed by atoms with Gasteiger partial charge in [-0.3, -0.25) is 4.79 Å². The molecule has 1 amide bonds. The highest BCUT2D eigenvalue weighted by molar-refractivity contribution is 7.99. The summed E-state index contributed by atoms with van der Waals surface area (Å²) in [5.41, 5.74) is 1.81. The minimum absolute atomic E-state index is 0.00321. The van der Waals surface area contributed by atoms with Gasteiger partial charge in [-0.2, -0.15) is 0 Å². The van der Waals surface area contributed by atoms with Crippen molar-refractivity contribution in [2.45, 2.75) is 5.37 Å². The van der Waals surface area contributed by atoms with E-state index in [4.69, 9.17) is 9.47 Å². The fraction of sp³-hybridized carbons (Fsp3) is 0.190. The van der Waals surface area contributed by atoms with Crippen LogP contribution in [0.5, 0.6) is 11.5 Å². The van der Waals surface area contributed by atoms with Crippen LogP contribution in [0.25, 0.3) is 10.8 Å². The number of rotatable bonds is 2. The molecule has 0 spiro atoms. The Morgan fingerprint density at radius 2 is 1.81 bits per heavy atom. The molecular formula is C21H17NO3S. The summed E-state index contributed by atoms with van der Waals surface area (Å²) in [6.07, 6.45) is 0. The van der Waals surface area contributed by atoms with E-state index in [-0.39, 0.29) is 18.1 Å². The van der Waals surface area contributed by atoms with Crippen molar-refractivity contribution in [1.29, 1.82) is 0 Å². The molecule has 0 radical (unpaired) electrons. The highest BCUT2D eigenvalue weighted by atomic mass is 32.2. The maximum absolute atomic E-state index is 13.2. The standard InChI is InChI=1S/C21H17NO3S/c23-20(16-6-5-14-3-1-2-4-15(14)11-16)22-9-10-26-21(22)17-7-8-18-19(12-17)25-13-24-18/h1-8,11-12,21H,9-10,13H2/t21-/m1/s1. The first-order chi connectivity index (χ1) is 12.8. The van der Waals surface area contributed by atoms with Crippen molar-refractivity contribution in [2.75, 3.05) is 19.1 Å². The summed E-state index contributed by atoms with van der Waals surface area (Å²) in [5.74, 6) is 2.53. The van der Waals surface area contributed by atoms with E-state index in [1.54, 1.807) is 11.8 Å². The van der Waals surface area contributed by atoms with Gasteiger partial charge in [-0.25, -0.2) is 0 Å². The summed E-state index contributed by atoms with van der Waals surface area (Å²) < 4.78 is 10.9. The number of thioether (sulfide) groups is 1. The van der Waals surface area contributed by atoms with Gasteiger partial charge in [0.1, 0.15) is 5.37 Å². The lowest BCUT2D eigenvalue weighted by Gasteiger charge is -2.24. The highest BCUT2D eigenvalue weighted by Crippen LogP contribution is 2.42. The molecule has 1 atom stereocenters. The molecule has 2 aliphatic rings. The van der Waals surface area contributed by atoms with Gasteiger partial charge in [-0.1, -0.05) is 36.4 Å². The summed E-state index contributed by atoms with van der Waals surface area (Å²) in [6, 6.07) is 20.0. The van der Waals surface area contributed by atoms with Crippen LogP contribution in [0.2, 0.25) is 0 Å². The molecular weight excluding hydrogens is 346 g/mol. The summed E-state index contributed by atoms with van der Waals surface area (Å²) in [7, 11) is 0. The topological polar surface area (TPSA) is 38.8 Å². The molecule has 5 rings (SSSR count). The van der Waals surface area contributed by atoms with Crippen LogP contribution >= 0.6 is 11.8 Å². The van der Waals surface area contributed by atoms with Gasteiger partial charge in [0.05, 0.1) is 0 Å². The first kappa shape index (κ1) is 15.6. The molecule has 1 fully saturated rings. The van der Waals surface area contributed by atoms with Crippen molar-refractivity contribution in [2.24, 2.45) is 0 Å². The van der Waals surface area contributed by atoms with Crippen LogP contribution < -0.4 is 9.47 Å². The third-order valence-corrected chi connectivity index (χ3v) is 6.09. The first-order valence-electron chi connectivity index (χ1n) is 8.60. The smallest absolute Gasteiger partial charge is 0.255 e. The Bertz CT molecular complexity index is 1000. The Hall–Kier alpha value is -2.66. The fourth-order valence-electron chi connectivity index (χ4n) is 3.51. The Balaban J connectivity index is 1.46. The van der Waals surface area contributed by atoms with Gasteiger partial charge in [0.2, 0.25) is 6.79 Å². The molecule has 130 valence electrons. The van der Waals surface area contributed by atoms with Gasteiger partial charge in [0.15, 0.2) is 11.5 Å². The van der Waals surface area contributed by atoms with Gasteiger partial charge in [-0.05, 0) is 40.6 Å². The minimum Gasteiger partial charge on any atom is -0.454 e. The van der Waals surface area contributed by atoms with Crippen LogP contribution in [0, 0.1) is 0 Å². The Kier molecular flexibility index (Phi) is 3.75. The largest absolute Gasteiger partial charge is 0.454 e. The number of fused-ring (bicyclic) bond motifs is 2. The van der Waals surface area contributed by atoms with E-state index in [0.717, 1.165) is 45.7 Å². The Morgan fingerprint density at radius 3 is 2.73 bits per heavy atom. The van der Waals surface area contributed by atoms with Gasteiger partial charge in [0, 0.05) is 17.9 Å². The van der Waals surface area contributed by atoms with Gasteiger partial charge < -0.3 is 14.4 Å². The molecule has 0 aliphatic carbocycles. The zero-order chi connectivity index (χ0) is 17.5. The lowest BCUT2D eigenvalue weighted by molar-refractivity contribution is 0.0760. The number of nitrogens with zero attached hydrogens (tertiary/aromatic N) is 1. The molecule has 2 heterocycles. The normalized spacial score (nSPS) is 18.5. The van der Waals surface area contributed by atoms with Crippen molar-refractivity contribution >= 4 is 28.4 Å². The molecule has 2 aliphatic heterocycles. The van der Waals surface area contributed by atoms with Crippen molar-refractivity contribution in [3.63, 3.8) is 0 Å². The molecule has 4 nitrogen and oxygen atoms in total. The van der Waals surface area contributed by atoms with E-state index in [9.17, 15) is 4.79 Å². The quantitative estimate of drug-likeness (QED) is 0.674. The van der Waals surface area contributed by atoms with E-state index in [1.165, 1.54) is 0 Å².